The molecule has 0 aromatic heterocycles. The number of benzene rings is 1. The summed E-state index contributed by atoms with van der Waals surface area (Å²) in [5, 5.41) is -0.391. The predicted molar refractivity (Wildman–Crippen MR) is 90.7 cm³/mol. The molecule has 1 aromatic rings. The second kappa shape index (κ2) is 6.67. The van der Waals surface area contributed by atoms with Gasteiger partial charge in [-0.05, 0) is 53.5 Å². The van der Waals surface area contributed by atoms with Crippen LogP contribution in [0.2, 0.25) is 18.1 Å². The van der Waals surface area contributed by atoms with Gasteiger partial charge in [-0.1, -0.05) is 32.9 Å². The second-order valence-corrected chi connectivity index (χ2v) is 11.5. The Labute approximate surface area is 133 Å². The predicted octanol–water partition coefficient (Wildman–Crippen LogP) is 4.86. The van der Waals surface area contributed by atoms with E-state index in [1.165, 1.54) is 6.08 Å². The maximum Gasteiger partial charge on any atom is 0.250 e. The lowest BCUT2D eigenvalue weighted by molar-refractivity contribution is -0.107. The number of carbonyl (C=O) groups is 1. The number of carbonyl (C=O) groups excluding carboxylic acids is 1. The Morgan fingerprint density at radius 1 is 1.24 bits per heavy atom. The minimum atomic E-state index is -1.92. The SMILES string of the molecule is COc1cc(/C=C/C(=O)Cl)ccc1O[Si](C)(C)C(C)(C)C. The molecule has 21 heavy (non-hydrogen) atoms. The molecule has 3 nitrogen and oxygen atoms in total. The first kappa shape index (κ1) is 17.8. The van der Waals surface area contributed by atoms with Gasteiger partial charge in [-0.2, -0.15) is 0 Å². The first-order chi connectivity index (χ1) is 9.56. The summed E-state index contributed by atoms with van der Waals surface area (Å²) in [5.74, 6) is 1.39. The smallest absolute Gasteiger partial charge is 0.250 e. The molecule has 0 N–H and O–H groups in total. The van der Waals surface area contributed by atoms with Gasteiger partial charge in [0.05, 0.1) is 7.11 Å². The van der Waals surface area contributed by atoms with Gasteiger partial charge in [0.1, 0.15) is 5.75 Å². The number of ether oxygens (including phenoxy) is 1. The van der Waals surface area contributed by atoms with Crippen molar-refractivity contribution in [3.05, 3.63) is 29.8 Å². The summed E-state index contributed by atoms with van der Waals surface area (Å²) < 4.78 is 11.7. The molecule has 0 bridgehead atoms. The van der Waals surface area contributed by atoms with Crippen LogP contribution in [-0.4, -0.2) is 20.7 Å². The molecule has 0 amide bonds. The molecule has 0 radical (unpaired) electrons. The summed E-state index contributed by atoms with van der Waals surface area (Å²) in [7, 11) is -0.315. The Hall–Kier alpha value is -1.26. The van der Waals surface area contributed by atoms with E-state index in [0.717, 1.165) is 11.3 Å². The summed E-state index contributed by atoms with van der Waals surface area (Å²) >= 11 is 5.29. The number of rotatable bonds is 5. The molecule has 0 fully saturated rings. The van der Waals surface area contributed by atoms with Crippen LogP contribution in [0.4, 0.5) is 0 Å². The van der Waals surface area contributed by atoms with Crippen LogP contribution < -0.4 is 9.16 Å². The molecule has 116 valence electrons. The van der Waals surface area contributed by atoms with Crippen LogP contribution in [0.1, 0.15) is 26.3 Å². The zero-order valence-electron chi connectivity index (χ0n) is 13.5. The first-order valence-electron chi connectivity index (χ1n) is 6.81. The molecule has 0 aliphatic rings. The van der Waals surface area contributed by atoms with E-state index >= 15 is 0 Å². The average molecular weight is 327 g/mol. The van der Waals surface area contributed by atoms with Crippen molar-refractivity contribution in [3.8, 4) is 11.5 Å². The lowest BCUT2D eigenvalue weighted by Gasteiger charge is -2.36. The zero-order chi connectivity index (χ0) is 16.3. The summed E-state index contributed by atoms with van der Waals surface area (Å²) in [4.78, 5) is 10.8. The van der Waals surface area contributed by atoms with E-state index in [-0.39, 0.29) is 5.04 Å². The van der Waals surface area contributed by atoms with Crippen LogP contribution in [0.3, 0.4) is 0 Å². The highest BCUT2D eigenvalue weighted by atomic mass is 35.5. The van der Waals surface area contributed by atoms with Crippen molar-refractivity contribution in [2.75, 3.05) is 7.11 Å². The van der Waals surface area contributed by atoms with E-state index in [2.05, 4.69) is 33.9 Å². The monoisotopic (exact) mass is 326 g/mol. The molecule has 0 heterocycles. The van der Waals surface area contributed by atoms with E-state index in [1.807, 2.05) is 18.2 Å². The van der Waals surface area contributed by atoms with Crippen molar-refractivity contribution in [1.82, 2.24) is 0 Å². The van der Waals surface area contributed by atoms with Crippen molar-refractivity contribution in [1.29, 1.82) is 0 Å². The molecule has 0 aliphatic heterocycles. The Kier molecular flexibility index (Phi) is 5.65. The van der Waals surface area contributed by atoms with Crippen molar-refractivity contribution in [2.24, 2.45) is 0 Å². The van der Waals surface area contributed by atoms with Crippen molar-refractivity contribution in [2.45, 2.75) is 38.9 Å². The van der Waals surface area contributed by atoms with Gasteiger partial charge in [-0.3, -0.25) is 4.79 Å². The van der Waals surface area contributed by atoms with Crippen molar-refractivity contribution >= 4 is 31.2 Å². The molecule has 0 saturated carbocycles. The van der Waals surface area contributed by atoms with E-state index in [9.17, 15) is 4.79 Å². The Morgan fingerprint density at radius 3 is 2.33 bits per heavy atom. The van der Waals surface area contributed by atoms with Crippen molar-refractivity contribution in [3.63, 3.8) is 0 Å². The Balaban J connectivity index is 3.07. The maximum atomic E-state index is 10.8. The summed E-state index contributed by atoms with van der Waals surface area (Å²) in [5.41, 5.74) is 0.837. The fraction of sp³-hybridized carbons (Fsp3) is 0.438. The summed E-state index contributed by atoms with van der Waals surface area (Å²) in [6, 6.07) is 5.58. The first-order valence-corrected chi connectivity index (χ1v) is 10.1. The van der Waals surface area contributed by atoms with Gasteiger partial charge in [0.2, 0.25) is 5.24 Å². The number of halogens is 1. The Morgan fingerprint density at radius 2 is 1.86 bits per heavy atom. The lowest BCUT2D eigenvalue weighted by Crippen LogP contribution is -2.43. The van der Waals surface area contributed by atoms with Gasteiger partial charge in [-0.25, -0.2) is 0 Å². The molecule has 0 spiro atoms. The molecule has 0 saturated heterocycles. The van der Waals surface area contributed by atoms with E-state index in [1.54, 1.807) is 13.2 Å². The normalized spacial score (nSPS) is 12.5. The van der Waals surface area contributed by atoms with Gasteiger partial charge in [-0.15, -0.1) is 0 Å². The van der Waals surface area contributed by atoms with Crippen molar-refractivity contribution < 1.29 is 14.0 Å². The van der Waals surface area contributed by atoms with Gasteiger partial charge in [0.15, 0.2) is 5.75 Å². The molecule has 5 heteroatoms. The summed E-state index contributed by atoms with van der Waals surface area (Å²) in [6.07, 6.45) is 2.96. The molecule has 1 aromatic carbocycles. The van der Waals surface area contributed by atoms with E-state index < -0.39 is 13.6 Å². The fourth-order valence-corrected chi connectivity index (χ4v) is 2.55. The van der Waals surface area contributed by atoms with Crippen LogP contribution >= 0.6 is 11.6 Å². The highest BCUT2D eigenvalue weighted by Gasteiger charge is 2.39. The topological polar surface area (TPSA) is 35.5 Å². The fourth-order valence-electron chi connectivity index (χ4n) is 1.46. The van der Waals surface area contributed by atoms with Crippen LogP contribution in [0.5, 0.6) is 11.5 Å². The number of allylic oxidation sites excluding steroid dienone is 1. The van der Waals surface area contributed by atoms with E-state index in [4.69, 9.17) is 20.8 Å². The van der Waals surface area contributed by atoms with Crippen LogP contribution in [0, 0.1) is 0 Å². The second-order valence-electron chi connectivity index (χ2n) is 6.41. The third-order valence-corrected chi connectivity index (χ3v) is 8.23. The maximum absolute atomic E-state index is 10.8. The van der Waals surface area contributed by atoms with Crippen LogP contribution in [0.15, 0.2) is 24.3 Å². The highest BCUT2D eigenvalue weighted by Crippen LogP contribution is 2.40. The third-order valence-electron chi connectivity index (χ3n) is 3.77. The number of methoxy groups -OCH3 is 1. The standard InChI is InChI=1S/C16H23ClO3Si/c1-16(2,3)21(5,6)20-13-9-7-12(8-10-15(17)18)11-14(13)19-4/h7-11H,1-6H3/b10-8+. The van der Waals surface area contributed by atoms with Gasteiger partial charge in [0, 0.05) is 0 Å². The molecular formula is C16H23ClO3Si. The van der Waals surface area contributed by atoms with E-state index in [0.29, 0.717) is 5.75 Å². The third kappa shape index (κ3) is 4.90. The zero-order valence-corrected chi connectivity index (χ0v) is 15.2. The van der Waals surface area contributed by atoms with Gasteiger partial charge >= 0.3 is 0 Å². The number of hydrogen-bond donors (Lipinski definition) is 0. The molecule has 0 unspecified atom stereocenters. The van der Waals surface area contributed by atoms with Crippen LogP contribution in [-0.2, 0) is 4.79 Å². The quantitative estimate of drug-likeness (QED) is 0.440. The molecule has 1 rings (SSSR count). The van der Waals surface area contributed by atoms with Crippen LogP contribution in [0.25, 0.3) is 6.08 Å². The van der Waals surface area contributed by atoms with Gasteiger partial charge in [0.25, 0.3) is 8.32 Å². The minimum absolute atomic E-state index is 0.113. The Bertz CT molecular complexity index is 545. The number of hydrogen-bond acceptors (Lipinski definition) is 3. The molecular weight excluding hydrogens is 304 g/mol. The average Bonchev–Trinajstić information content (AvgIpc) is 2.35. The summed E-state index contributed by atoms with van der Waals surface area (Å²) in [6.45, 7) is 10.9. The van der Waals surface area contributed by atoms with Gasteiger partial charge < -0.3 is 9.16 Å². The molecule has 0 aliphatic carbocycles. The minimum Gasteiger partial charge on any atom is -0.541 e. The molecule has 0 atom stereocenters. The highest BCUT2D eigenvalue weighted by molar-refractivity contribution is 6.74. The largest absolute Gasteiger partial charge is 0.541 e. The lowest BCUT2D eigenvalue weighted by atomic mass is 10.2.